The molecule has 2 amide bonds. The maximum atomic E-state index is 14.1. The fourth-order valence-electron chi connectivity index (χ4n) is 5.69. The van der Waals surface area contributed by atoms with Gasteiger partial charge in [-0.15, -0.1) is 5.10 Å². The van der Waals surface area contributed by atoms with Crippen molar-refractivity contribution in [3.63, 3.8) is 0 Å². The third kappa shape index (κ3) is 6.28. The van der Waals surface area contributed by atoms with E-state index in [1.807, 2.05) is 50.2 Å². The highest BCUT2D eigenvalue weighted by Gasteiger charge is 2.39. The molecule has 1 saturated heterocycles. The number of aromatic nitrogens is 2. The van der Waals surface area contributed by atoms with Crippen molar-refractivity contribution >= 4 is 35.1 Å². The standard InChI is InChI=1S/C32H41N7O4/c1-5-20-43-32(42)39-26-21-33-28(31(41)38(7-3)25-11-9-8-10-22(25)6-2)27(26)29(35-39)34-30(40)23-12-14-24(15-13-23)37-18-16-36(4)17-19-37/h8-15,28,33H,5-7,16-21H2,1-4H3,(H,34,35,40). The van der Waals surface area contributed by atoms with E-state index in [4.69, 9.17) is 4.74 Å². The van der Waals surface area contributed by atoms with Crippen LogP contribution in [0, 0.1) is 0 Å². The summed E-state index contributed by atoms with van der Waals surface area (Å²) in [6, 6.07) is 14.5. The normalized spacial score (nSPS) is 16.6. The first-order chi connectivity index (χ1) is 20.9. The Morgan fingerprint density at radius 1 is 1.02 bits per heavy atom. The van der Waals surface area contributed by atoms with Gasteiger partial charge in [0.2, 0.25) is 5.91 Å². The quantitative estimate of drug-likeness (QED) is 0.386. The van der Waals surface area contributed by atoms with Crippen LogP contribution in [0.5, 0.6) is 0 Å². The van der Waals surface area contributed by atoms with Crippen LogP contribution in [0.1, 0.15) is 60.4 Å². The molecule has 3 heterocycles. The van der Waals surface area contributed by atoms with Crippen molar-refractivity contribution in [2.24, 2.45) is 0 Å². The van der Waals surface area contributed by atoms with Crippen LogP contribution in [0.25, 0.3) is 0 Å². The predicted molar refractivity (Wildman–Crippen MR) is 167 cm³/mol. The van der Waals surface area contributed by atoms with Crippen molar-refractivity contribution in [2.45, 2.75) is 46.2 Å². The minimum atomic E-state index is -0.803. The van der Waals surface area contributed by atoms with Crippen LogP contribution in [-0.2, 0) is 22.5 Å². The molecule has 2 aliphatic heterocycles. The second-order valence-electron chi connectivity index (χ2n) is 10.9. The number of hydrogen-bond donors (Lipinski definition) is 2. The minimum absolute atomic E-state index is 0.166. The lowest BCUT2D eigenvalue weighted by atomic mass is 10.1. The van der Waals surface area contributed by atoms with Gasteiger partial charge in [-0.05, 0) is 62.7 Å². The zero-order chi connectivity index (χ0) is 30.5. The summed E-state index contributed by atoms with van der Waals surface area (Å²) in [6.07, 6.45) is 0.790. The summed E-state index contributed by atoms with van der Waals surface area (Å²) >= 11 is 0. The Kier molecular flexibility index (Phi) is 9.42. The fourth-order valence-corrected chi connectivity index (χ4v) is 5.69. The molecule has 228 valence electrons. The number of piperazine rings is 1. The molecule has 43 heavy (non-hydrogen) atoms. The number of likely N-dealkylation sites (N-methyl/N-ethyl adjacent to an activating group) is 2. The fraction of sp³-hybridized carbons (Fsp3) is 0.438. The molecule has 0 saturated carbocycles. The Hall–Kier alpha value is -4.22. The lowest BCUT2D eigenvalue weighted by Crippen LogP contribution is -2.44. The van der Waals surface area contributed by atoms with Gasteiger partial charge in [0.05, 0.1) is 12.3 Å². The number of amides is 2. The number of carbonyl (C=O) groups is 3. The Morgan fingerprint density at radius 2 is 1.74 bits per heavy atom. The molecule has 3 aromatic rings. The monoisotopic (exact) mass is 587 g/mol. The maximum absolute atomic E-state index is 14.1. The molecule has 2 aromatic carbocycles. The number of aryl methyl sites for hydroxylation is 1. The van der Waals surface area contributed by atoms with E-state index < -0.39 is 12.1 Å². The van der Waals surface area contributed by atoms with Crippen molar-refractivity contribution in [1.29, 1.82) is 0 Å². The molecule has 2 N–H and O–H groups in total. The van der Waals surface area contributed by atoms with Gasteiger partial charge in [-0.2, -0.15) is 4.68 Å². The van der Waals surface area contributed by atoms with Crippen LogP contribution in [0.15, 0.2) is 48.5 Å². The summed E-state index contributed by atoms with van der Waals surface area (Å²) < 4.78 is 6.53. The first kappa shape index (κ1) is 30.2. The summed E-state index contributed by atoms with van der Waals surface area (Å²) in [5.74, 6) is -0.392. The van der Waals surface area contributed by atoms with E-state index in [0.717, 1.165) is 54.2 Å². The number of rotatable bonds is 9. The van der Waals surface area contributed by atoms with Gasteiger partial charge in [-0.3, -0.25) is 14.9 Å². The summed E-state index contributed by atoms with van der Waals surface area (Å²) in [5, 5.41) is 10.6. The van der Waals surface area contributed by atoms with Crippen molar-refractivity contribution in [1.82, 2.24) is 20.0 Å². The molecule has 1 unspecified atom stereocenters. The molecule has 1 atom stereocenters. The number of ether oxygens (including phenoxy) is 1. The average Bonchev–Trinajstić information content (AvgIpc) is 3.62. The van der Waals surface area contributed by atoms with E-state index in [-0.39, 0.29) is 30.8 Å². The Balaban J connectivity index is 1.43. The van der Waals surface area contributed by atoms with E-state index >= 15 is 0 Å². The third-order valence-corrected chi connectivity index (χ3v) is 8.11. The summed E-state index contributed by atoms with van der Waals surface area (Å²) in [4.78, 5) is 46.8. The number of fused-ring (bicyclic) bond motifs is 1. The molecular weight excluding hydrogens is 546 g/mol. The van der Waals surface area contributed by atoms with Gasteiger partial charge in [-0.1, -0.05) is 32.0 Å². The van der Waals surface area contributed by atoms with Gasteiger partial charge < -0.3 is 24.8 Å². The van der Waals surface area contributed by atoms with Crippen LogP contribution in [0.2, 0.25) is 0 Å². The lowest BCUT2D eigenvalue weighted by molar-refractivity contribution is -0.120. The zero-order valence-electron chi connectivity index (χ0n) is 25.4. The van der Waals surface area contributed by atoms with E-state index in [9.17, 15) is 14.4 Å². The van der Waals surface area contributed by atoms with E-state index in [1.165, 1.54) is 0 Å². The molecule has 0 spiro atoms. The Labute approximate surface area is 252 Å². The second kappa shape index (κ2) is 13.4. The maximum Gasteiger partial charge on any atom is 0.435 e. The predicted octanol–water partition coefficient (Wildman–Crippen LogP) is 4.04. The first-order valence-electron chi connectivity index (χ1n) is 15.1. The molecule has 2 aliphatic rings. The topological polar surface area (TPSA) is 112 Å². The molecule has 11 nitrogen and oxygen atoms in total. The lowest BCUT2D eigenvalue weighted by Gasteiger charge is -2.34. The first-order valence-corrected chi connectivity index (χ1v) is 15.1. The van der Waals surface area contributed by atoms with Crippen molar-refractivity contribution in [2.75, 3.05) is 61.5 Å². The van der Waals surface area contributed by atoms with Gasteiger partial charge in [-0.25, -0.2) is 4.79 Å². The molecule has 0 radical (unpaired) electrons. The third-order valence-electron chi connectivity index (χ3n) is 8.11. The largest absolute Gasteiger partial charge is 0.448 e. The molecule has 5 rings (SSSR count). The molecule has 0 bridgehead atoms. The molecule has 11 heteroatoms. The number of nitrogens with zero attached hydrogens (tertiary/aromatic N) is 5. The number of para-hydroxylation sites is 1. The minimum Gasteiger partial charge on any atom is -0.448 e. The summed E-state index contributed by atoms with van der Waals surface area (Å²) in [7, 11) is 2.11. The van der Waals surface area contributed by atoms with Crippen LogP contribution in [0.4, 0.5) is 22.0 Å². The number of benzene rings is 2. The highest BCUT2D eigenvalue weighted by molar-refractivity contribution is 6.06. The number of nitrogens with one attached hydrogen (secondary N) is 2. The molecule has 1 aromatic heterocycles. The van der Waals surface area contributed by atoms with Gasteiger partial charge in [0.1, 0.15) is 6.04 Å². The number of anilines is 3. The van der Waals surface area contributed by atoms with E-state index in [0.29, 0.717) is 29.8 Å². The van der Waals surface area contributed by atoms with Gasteiger partial charge in [0, 0.05) is 61.8 Å². The second-order valence-corrected chi connectivity index (χ2v) is 10.9. The Bertz CT molecular complexity index is 1460. The molecule has 1 fully saturated rings. The van der Waals surface area contributed by atoms with E-state index in [2.05, 4.69) is 39.5 Å². The molecule has 0 aliphatic carbocycles. The van der Waals surface area contributed by atoms with Gasteiger partial charge in [0.25, 0.3) is 5.91 Å². The highest BCUT2D eigenvalue weighted by atomic mass is 16.6. The highest BCUT2D eigenvalue weighted by Crippen LogP contribution is 2.35. The van der Waals surface area contributed by atoms with Crippen molar-refractivity contribution < 1.29 is 19.1 Å². The number of hydrogen-bond acceptors (Lipinski definition) is 8. The van der Waals surface area contributed by atoms with Crippen LogP contribution in [0.3, 0.4) is 0 Å². The Morgan fingerprint density at radius 3 is 2.42 bits per heavy atom. The molecular formula is C32H41N7O4. The van der Waals surface area contributed by atoms with Crippen molar-refractivity contribution in [3.8, 4) is 0 Å². The zero-order valence-corrected chi connectivity index (χ0v) is 25.4. The summed E-state index contributed by atoms with van der Waals surface area (Å²) in [5.41, 5.74) is 4.40. The summed E-state index contributed by atoms with van der Waals surface area (Å²) in [6.45, 7) is 10.7. The van der Waals surface area contributed by atoms with Crippen LogP contribution in [-0.4, -0.2) is 79.0 Å². The smallest absolute Gasteiger partial charge is 0.435 e. The SMILES string of the molecule is CCCOC(=O)n1nc(NC(=O)c2ccc(N3CCN(C)CC3)cc2)c2c1CNC2C(=O)N(CC)c1ccccc1CC. The van der Waals surface area contributed by atoms with Gasteiger partial charge in [0.15, 0.2) is 5.82 Å². The van der Waals surface area contributed by atoms with Crippen LogP contribution < -0.4 is 20.4 Å². The van der Waals surface area contributed by atoms with E-state index in [1.54, 1.807) is 17.0 Å². The van der Waals surface area contributed by atoms with Gasteiger partial charge >= 0.3 is 6.09 Å². The average molecular weight is 588 g/mol. The van der Waals surface area contributed by atoms with Crippen LogP contribution >= 0.6 is 0 Å². The van der Waals surface area contributed by atoms with Crippen molar-refractivity contribution in [3.05, 3.63) is 70.9 Å². The number of carbonyl (C=O) groups excluding carboxylic acids is 3.